The van der Waals surface area contributed by atoms with E-state index in [2.05, 4.69) is 17.5 Å². The van der Waals surface area contributed by atoms with Crippen molar-refractivity contribution in [1.29, 1.82) is 0 Å². The molecule has 3 heteroatoms. The summed E-state index contributed by atoms with van der Waals surface area (Å²) in [5, 5.41) is 3.90. The summed E-state index contributed by atoms with van der Waals surface area (Å²) >= 11 is 6.02. The maximum atomic E-state index is 6.02. The van der Waals surface area contributed by atoms with Crippen molar-refractivity contribution in [2.75, 3.05) is 13.2 Å². The predicted octanol–water partition coefficient (Wildman–Crippen LogP) is 2.17. The van der Waals surface area contributed by atoms with Crippen LogP contribution >= 0.6 is 11.6 Å². The van der Waals surface area contributed by atoms with Gasteiger partial charge in [-0.2, -0.15) is 0 Å². The van der Waals surface area contributed by atoms with E-state index in [1.54, 1.807) is 0 Å². The molecule has 2 aliphatic rings. The molecule has 0 radical (unpaired) electrons. The summed E-state index contributed by atoms with van der Waals surface area (Å²) in [5.74, 6) is 0. The van der Waals surface area contributed by atoms with Crippen LogP contribution in [0.1, 0.15) is 19.3 Å². The van der Waals surface area contributed by atoms with E-state index >= 15 is 0 Å². The van der Waals surface area contributed by atoms with Crippen LogP contribution in [-0.2, 0) is 4.74 Å². The number of ether oxygens (including phenoxy) is 1. The smallest absolute Gasteiger partial charge is 0.105 e. The summed E-state index contributed by atoms with van der Waals surface area (Å²) in [4.78, 5) is 0. The Hall–Kier alpha value is -0.470. The highest BCUT2D eigenvalue weighted by molar-refractivity contribution is 6.29. The van der Waals surface area contributed by atoms with Gasteiger partial charge in [0, 0.05) is 19.6 Å². The van der Waals surface area contributed by atoms with Crippen molar-refractivity contribution in [1.82, 2.24) is 5.32 Å². The van der Waals surface area contributed by atoms with Crippen molar-refractivity contribution in [3.8, 4) is 0 Å². The summed E-state index contributed by atoms with van der Waals surface area (Å²) in [5.41, 5.74) is 1.18. The zero-order chi connectivity index (χ0) is 9.10. The van der Waals surface area contributed by atoms with Crippen LogP contribution in [0.25, 0.3) is 0 Å². The Morgan fingerprint density at radius 2 is 2.54 bits per heavy atom. The van der Waals surface area contributed by atoms with Gasteiger partial charge in [0.25, 0.3) is 0 Å². The highest BCUT2D eigenvalue weighted by Crippen LogP contribution is 2.23. The number of hydrogen-bond acceptors (Lipinski definition) is 2. The maximum Gasteiger partial charge on any atom is 0.105 e. The van der Waals surface area contributed by atoms with Crippen molar-refractivity contribution < 1.29 is 4.74 Å². The lowest BCUT2D eigenvalue weighted by Crippen LogP contribution is -2.17. The molecule has 1 fully saturated rings. The minimum atomic E-state index is 0.383. The summed E-state index contributed by atoms with van der Waals surface area (Å²) in [6, 6.07) is 0. The first-order valence-corrected chi connectivity index (χ1v) is 5.15. The van der Waals surface area contributed by atoms with Gasteiger partial charge in [0.15, 0.2) is 0 Å². The Morgan fingerprint density at radius 1 is 1.62 bits per heavy atom. The van der Waals surface area contributed by atoms with Gasteiger partial charge in [-0.3, -0.25) is 0 Å². The van der Waals surface area contributed by atoms with Gasteiger partial charge >= 0.3 is 0 Å². The van der Waals surface area contributed by atoms with Gasteiger partial charge in [-0.25, -0.2) is 0 Å². The second kappa shape index (κ2) is 4.16. The Balaban J connectivity index is 1.95. The standard InChI is InChI=1S/C10H14ClNO/c11-10-8(3-1-5-12-10)7-9-4-2-6-13-9/h1,3,9,12H,2,4-7H2. The summed E-state index contributed by atoms with van der Waals surface area (Å²) in [7, 11) is 0. The zero-order valence-corrected chi connectivity index (χ0v) is 8.31. The first-order valence-electron chi connectivity index (χ1n) is 4.77. The monoisotopic (exact) mass is 199 g/mol. The van der Waals surface area contributed by atoms with Crippen molar-refractivity contribution in [2.45, 2.75) is 25.4 Å². The van der Waals surface area contributed by atoms with E-state index in [9.17, 15) is 0 Å². The molecule has 2 nitrogen and oxygen atoms in total. The lowest BCUT2D eigenvalue weighted by molar-refractivity contribution is 0.112. The molecule has 1 atom stereocenters. The second-order valence-corrected chi connectivity index (χ2v) is 3.84. The van der Waals surface area contributed by atoms with E-state index in [1.807, 2.05) is 0 Å². The molecule has 0 amide bonds. The molecule has 0 bridgehead atoms. The van der Waals surface area contributed by atoms with Crippen molar-refractivity contribution in [3.63, 3.8) is 0 Å². The van der Waals surface area contributed by atoms with Crippen LogP contribution in [-0.4, -0.2) is 19.3 Å². The first-order chi connectivity index (χ1) is 6.36. The molecule has 1 unspecified atom stereocenters. The Labute approximate surface area is 83.6 Å². The molecule has 1 N–H and O–H groups in total. The summed E-state index contributed by atoms with van der Waals surface area (Å²) < 4.78 is 5.55. The number of allylic oxidation sites excluding steroid dienone is 1. The van der Waals surface area contributed by atoms with Gasteiger partial charge < -0.3 is 10.1 Å². The maximum absolute atomic E-state index is 6.02. The summed E-state index contributed by atoms with van der Waals surface area (Å²) in [6.07, 6.45) is 7.88. The second-order valence-electron chi connectivity index (χ2n) is 3.46. The quantitative estimate of drug-likeness (QED) is 0.689. The van der Waals surface area contributed by atoms with Crippen LogP contribution in [0, 0.1) is 0 Å². The van der Waals surface area contributed by atoms with Crippen LogP contribution < -0.4 is 5.32 Å². The molecule has 2 rings (SSSR count). The molecule has 1 saturated heterocycles. The number of halogens is 1. The molecule has 72 valence electrons. The molecular formula is C10H14ClNO. The van der Waals surface area contributed by atoms with E-state index in [0.29, 0.717) is 6.10 Å². The third kappa shape index (κ3) is 2.26. The lowest BCUT2D eigenvalue weighted by atomic mass is 10.1. The number of nitrogens with one attached hydrogen (secondary N) is 1. The van der Waals surface area contributed by atoms with Crippen LogP contribution in [0.15, 0.2) is 22.9 Å². The molecule has 0 spiro atoms. The first kappa shape index (κ1) is 9.10. The topological polar surface area (TPSA) is 21.3 Å². The molecule has 0 aromatic carbocycles. The van der Waals surface area contributed by atoms with Gasteiger partial charge in [-0.1, -0.05) is 23.8 Å². The van der Waals surface area contributed by atoms with Crippen LogP contribution in [0.2, 0.25) is 0 Å². The minimum absolute atomic E-state index is 0.383. The molecule has 0 aromatic heterocycles. The van der Waals surface area contributed by atoms with Gasteiger partial charge in [-0.05, 0) is 18.4 Å². The van der Waals surface area contributed by atoms with Gasteiger partial charge in [0.1, 0.15) is 5.16 Å². The molecule has 2 heterocycles. The number of hydrogen-bond donors (Lipinski definition) is 1. The number of dihydropyridines is 1. The highest BCUT2D eigenvalue weighted by atomic mass is 35.5. The average molecular weight is 200 g/mol. The van der Waals surface area contributed by atoms with E-state index in [-0.39, 0.29) is 0 Å². The van der Waals surface area contributed by atoms with Crippen LogP contribution in [0.4, 0.5) is 0 Å². The fourth-order valence-electron chi connectivity index (χ4n) is 1.74. The molecule has 0 aromatic rings. The zero-order valence-electron chi connectivity index (χ0n) is 7.55. The van der Waals surface area contributed by atoms with E-state index in [1.165, 1.54) is 18.4 Å². The largest absolute Gasteiger partial charge is 0.378 e. The van der Waals surface area contributed by atoms with E-state index < -0.39 is 0 Å². The Bertz CT molecular complexity index is 241. The molecule has 13 heavy (non-hydrogen) atoms. The minimum Gasteiger partial charge on any atom is -0.378 e. The summed E-state index contributed by atoms with van der Waals surface area (Å²) in [6.45, 7) is 1.75. The lowest BCUT2D eigenvalue weighted by Gasteiger charge is -2.15. The van der Waals surface area contributed by atoms with E-state index in [4.69, 9.17) is 16.3 Å². The average Bonchev–Trinajstić information content (AvgIpc) is 2.61. The van der Waals surface area contributed by atoms with Gasteiger partial charge in [-0.15, -0.1) is 0 Å². The predicted molar refractivity (Wildman–Crippen MR) is 53.6 cm³/mol. The Morgan fingerprint density at radius 3 is 3.23 bits per heavy atom. The van der Waals surface area contributed by atoms with Crippen LogP contribution in [0.3, 0.4) is 0 Å². The third-order valence-corrected chi connectivity index (χ3v) is 2.82. The van der Waals surface area contributed by atoms with Crippen LogP contribution in [0.5, 0.6) is 0 Å². The van der Waals surface area contributed by atoms with Gasteiger partial charge in [0.2, 0.25) is 0 Å². The Kier molecular flexibility index (Phi) is 2.91. The van der Waals surface area contributed by atoms with Crippen molar-refractivity contribution in [2.24, 2.45) is 0 Å². The molecular weight excluding hydrogens is 186 g/mol. The van der Waals surface area contributed by atoms with E-state index in [0.717, 1.165) is 24.7 Å². The number of rotatable bonds is 2. The normalized spacial score (nSPS) is 27.9. The molecule has 0 aliphatic carbocycles. The molecule has 0 saturated carbocycles. The molecule has 2 aliphatic heterocycles. The third-order valence-electron chi connectivity index (χ3n) is 2.45. The van der Waals surface area contributed by atoms with Gasteiger partial charge in [0.05, 0.1) is 6.10 Å². The fourth-order valence-corrected chi connectivity index (χ4v) is 1.96. The van der Waals surface area contributed by atoms with Crippen molar-refractivity contribution in [3.05, 3.63) is 22.9 Å². The fraction of sp³-hybridized carbons (Fsp3) is 0.600. The highest BCUT2D eigenvalue weighted by Gasteiger charge is 2.18. The SMILES string of the molecule is ClC1=C(CC2CCCO2)C=CCN1. The van der Waals surface area contributed by atoms with Crippen molar-refractivity contribution >= 4 is 11.6 Å².